The van der Waals surface area contributed by atoms with E-state index in [1.54, 1.807) is 6.08 Å². The first-order valence-corrected chi connectivity index (χ1v) is 25.3. The van der Waals surface area contributed by atoms with Gasteiger partial charge in [-0.1, -0.05) is 149 Å². The van der Waals surface area contributed by atoms with Crippen molar-refractivity contribution in [2.24, 2.45) is 0 Å². The van der Waals surface area contributed by atoms with E-state index in [1.165, 1.54) is 19.3 Å². The topological polar surface area (TPSA) is 230 Å². The molecule has 374 valence electrons. The van der Waals surface area contributed by atoms with Crippen LogP contribution in [0.25, 0.3) is 0 Å². The second-order valence-corrected chi connectivity index (χ2v) is 17.5. The number of hydrogen-bond donors (Lipinski definition) is 7. The molecule has 9 atom stereocenters. The molecule has 1 aliphatic rings. The smallest absolute Gasteiger partial charge is 0.462 e. The number of hydrogen-bond acceptors (Lipinski definition) is 13. The Morgan fingerprint density at radius 1 is 0.561 bits per heavy atom. The van der Waals surface area contributed by atoms with Gasteiger partial charge in [-0.15, -0.1) is 0 Å². The van der Waals surface area contributed by atoms with Gasteiger partial charge in [0.1, 0.15) is 43.2 Å². The van der Waals surface area contributed by atoms with Gasteiger partial charge in [-0.25, -0.2) is 4.57 Å². The van der Waals surface area contributed by atoms with Gasteiger partial charge in [-0.3, -0.25) is 18.6 Å². The van der Waals surface area contributed by atoms with Gasteiger partial charge in [-0.05, 0) is 83.5 Å². The zero-order chi connectivity index (χ0) is 48.7. The summed E-state index contributed by atoms with van der Waals surface area (Å²) in [4.78, 5) is 35.7. The first kappa shape index (κ1) is 60.5. The molecule has 1 fully saturated rings. The fraction of sp³-hybridized carbons (Fsp3) is 0.608. The minimum atomic E-state index is -5.16. The van der Waals surface area contributed by atoms with Gasteiger partial charge in [0, 0.05) is 12.8 Å². The molecule has 0 bridgehead atoms. The maximum Gasteiger partial charge on any atom is 0.472 e. The maximum atomic E-state index is 12.8. The van der Waals surface area contributed by atoms with E-state index in [1.807, 2.05) is 54.7 Å². The molecule has 15 heteroatoms. The van der Waals surface area contributed by atoms with Crippen LogP contribution in [0.1, 0.15) is 136 Å². The minimum Gasteiger partial charge on any atom is -0.462 e. The van der Waals surface area contributed by atoms with Crippen LogP contribution in [-0.4, -0.2) is 110 Å². The van der Waals surface area contributed by atoms with E-state index in [0.717, 1.165) is 57.8 Å². The van der Waals surface area contributed by atoms with E-state index >= 15 is 0 Å². The lowest BCUT2D eigenvalue weighted by atomic mass is 9.85. The second kappa shape index (κ2) is 39.5. The molecule has 1 saturated carbocycles. The Balaban J connectivity index is 2.55. The van der Waals surface area contributed by atoms with E-state index in [-0.39, 0.29) is 12.8 Å². The summed E-state index contributed by atoms with van der Waals surface area (Å²) in [5, 5.41) is 60.2. The molecule has 0 heterocycles. The highest BCUT2D eigenvalue weighted by molar-refractivity contribution is 7.47. The summed E-state index contributed by atoms with van der Waals surface area (Å²) < 4.78 is 33.4. The third-order valence-corrected chi connectivity index (χ3v) is 11.2. The summed E-state index contributed by atoms with van der Waals surface area (Å²) in [7, 11) is -5.16. The van der Waals surface area contributed by atoms with Crippen molar-refractivity contribution < 1.29 is 68.2 Å². The number of phosphoric acid groups is 1. The fourth-order valence-electron chi connectivity index (χ4n) is 6.34. The van der Waals surface area contributed by atoms with Crippen LogP contribution in [0.4, 0.5) is 0 Å². The summed E-state index contributed by atoms with van der Waals surface area (Å²) in [6, 6.07) is 0. The monoisotopic (exact) mass is 949 g/mol. The number of aliphatic hydroxyl groups excluding tert-OH is 6. The average Bonchev–Trinajstić information content (AvgIpc) is 3.29. The Bertz CT molecular complexity index is 1580. The van der Waals surface area contributed by atoms with Crippen molar-refractivity contribution in [3.8, 4) is 0 Å². The van der Waals surface area contributed by atoms with Crippen LogP contribution in [0, 0.1) is 0 Å². The summed E-state index contributed by atoms with van der Waals surface area (Å²) in [6.45, 7) is 2.99. The molecule has 0 amide bonds. The molecule has 0 aliphatic heterocycles. The van der Waals surface area contributed by atoms with Gasteiger partial charge in [-0.2, -0.15) is 0 Å². The zero-order valence-electron chi connectivity index (χ0n) is 39.3. The normalized spacial score (nSPS) is 22.7. The first-order valence-electron chi connectivity index (χ1n) is 23.8. The number of carbonyl (C=O) groups is 2. The lowest BCUT2D eigenvalue weighted by Crippen LogP contribution is -2.64. The van der Waals surface area contributed by atoms with E-state index in [4.69, 9.17) is 18.5 Å². The number of allylic oxidation sites excluding steroid dienone is 16. The van der Waals surface area contributed by atoms with Gasteiger partial charge in [0.25, 0.3) is 0 Å². The van der Waals surface area contributed by atoms with Crippen LogP contribution >= 0.6 is 7.82 Å². The van der Waals surface area contributed by atoms with Gasteiger partial charge in [0.2, 0.25) is 0 Å². The highest BCUT2D eigenvalue weighted by Crippen LogP contribution is 2.47. The quantitative estimate of drug-likeness (QED) is 0.0102. The Hall–Kier alpha value is -3.53. The van der Waals surface area contributed by atoms with Crippen LogP contribution in [0.15, 0.2) is 109 Å². The number of aliphatic hydroxyl groups is 6. The highest BCUT2D eigenvalue weighted by Gasteiger charge is 2.51. The number of unbranched alkanes of at least 4 members (excludes halogenated alkanes) is 7. The van der Waals surface area contributed by atoms with Crippen molar-refractivity contribution >= 4 is 19.8 Å². The molecule has 0 radical (unpaired) electrons. The molecular formula is C51H81O14P. The molecule has 66 heavy (non-hydrogen) atoms. The van der Waals surface area contributed by atoms with Crippen molar-refractivity contribution in [1.82, 2.24) is 0 Å². The van der Waals surface area contributed by atoms with Crippen molar-refractivity contribution in [1.29, 1.82) is 0 Å². The van der Waals surface area contributed by atoms with Crippen LogP contribution < -0.4 is 0 Å². The van der Waals surface area contributed by atoms with Crippen molar-refractivity contribution in [3.05, 3.63) is 109 Å². The SMILES string of the molecule is CC/C=C\C/C=C\CC(O)/C=C/C=C\C/C=C\C/C=C\CCC(=O)OC[C@H](COP(=O)(O)OC1[C@H](O)[C@H](O)C(O)[C@H](O)[C@H]1O)OC(=O)CCCCCC/C=C\C/C=C\C/C=C\CCCCC. The lowest BCUT2D eigenvalue weighted by Gasteiger charge is -2.41. The molecule has 14 nitrogen and oxygen atoms in total. The first-order chi connectivity index (χ1) is 31.8. The number of carbonyl (C=O) groups excluding carboxylic acids is 2. The molecule has 0 aromatic heterocycles. The predicted octanol–water partition coefficient (Wildman–Crippen LogP) is 8.58. The molecule has 1 aliphatic carbocycles. The Morgan fingerprint density at radius 3 is 1.68 bits per heavy atom. The van der Waals surface area contributed by atoms with Crippen LogP contribution in [-0.2, 0) is 32.7 Å². The Kier molecular flexibility index (Phi) is 36.2. The van der Waals surface area contributed by atoms with Crippen molar-refractivity contribution in [2.75, 3.05) is 13.2 Å². The number of esters is 2. The van der Waals surface area contributed by atoms with Gasteiger partial charge in [0.15, 0.2) is 6.10 Å². The summed E-state index contributed by atoms with van der Waals surface area (Å²) in [5.74, 6) is -1.26. The molecule has 1 rings (SSSR count). The molecule has 0 aromatic rings. The number of phosphoric ester groups is 1. The van der Waals surface area contributed by atoms with E-state index < -0.39 is 81.8 Å². The van der Waals surface area contributed by atoms with Crippen molar-refractivity contribution in [3.63, 3.8) is 0 Å². The fourth-order valence-corrected chi connectivity index (χ4v) is 7.32. The standard InChI is InChI=1S/C51H81O14P/c1-3-5-7-9-11-12-13-14-15-16-17-18-19-24-27-31-35-39-45(54)64-43(41-63-66(60,61)65-51-49(58)47(56)46(55)48(57)50(51)59)40-62-44(53)38-34-30-26-23-21-20-22-25-29-33-37-42(52)36-32-28-10-8-6-4-2/h6,8,11-12,14-15,17-18,20-21,25-26,28-30,32-33,37,42-43,46-52,55-59H,3-5,7,9-10,13,16,19,22-24,27,31,34-36,38-41H2,1-2H3,(H,60,61)/b8-6-,12-11-,15-14-,18-17-,21-20-,29-25-,30-26-,32-28-,37-33+/t42?,43-,46?,47-,48+,49-,50-,51?/m1/s1. The molecule has 0 aromatic carbocycles. The van der Waals surface area contributed by atoms with Crippen molar-refractivity contribution in [2.45, 2.75) is 185 Å². The van der Waals surface area contributed by atoms with Gasteiger partial charge < -0.3 is 45.0 Å². The number of ether oxygens (including phenoxy) is 2. The average molecular weight is 949 g/mol. The number of rotatable bonds is 37. The summed E-state index contributed by atoms with van der Waals surface area (Å²) in [5.41, 5.74) is 0. The van der Waals surface area contributed by atoms with Crippen LogP contribution in [0.3, 0.4) is 0 Å². The van der Waals surface area contributed by atoms with E-state index in [2.05, 4.69) is 62.5 Å². The molecule has 0 spiro atoms. The summed E-state index contributed by atoms with van der Waals surface area (Å²) >= 11 is 0. The summed E-state index contributed by atoms with van der Waals surface area (Å²) in [6.07, 6.45) is 37.4. The van der Waals surface area contributed by atoms with Crippen LogP contribution in [0.2, 0.25) is 0 Å². The largest absolute Gasteiger partial charge is 0.472 e. The zero-order valence-corrected chi connectivity index (χ0v) is 40.2. The van der Waals surface area contributed by atoms with Gasteiger partial charge in [0.05, 0.1) is 12.7 Å². The molecule has 0 saturated heterocycles. The Morgan fingerprint density at radius 2 is 1.08 bits per heavy atom. The highest BCUT2D eigenvalue weighted by atomic mass is 31.2. The maximum absolute atomic E-state index is 12.8. The molecular weight excluding hydrogens is 868 g/mol. The molecule has 7 N–H and O–H groups in total. The van der Waals surface area contributed by atoms with E-state index in [9.17, 15) is 49.7 Å². The second-order valence-electron chi connectivity index (χ2n) is 16.1. The lowest BCUT2D eigenvalue weighted by molar-refractivity contribution is -0.220. The third kappa shape index (κ3) is 31.4. The van der Waals surface area contributed by atoms with Gasteiger partial charge >= 0.3 is 19.8 Å². The predicted molar refractivity (Wildman–Crippen MR) is 259 cm³/mol. The Labute approximate surface area is 394 Å². The molecule has 4 unspecified atom stereocenters. The van der Waals surface area contributed by atoms with E-state index in [0.29, 0.717) is 32.1 Å². The third-order valence-electron chi connectivity index (χ3n) is 10.2. The minimum absolute atomic E-state index is 0.00661. The van der Waals surface area contributed by atoms with Crippen LogP contribution in [0.5, 0.6) is 0 Å².